The fraction of sp³-hybridized carbons (Fsp3) is 0.364. The molecule has 0 aromatic heterocycles. The molecule has 4 heteroatoms. The van der Waals surface area contributed by atoms with Gasteiger partial charge in [0.05, 0.1) is 10.6 Å². The lowest BCUT2D eigenvalue weighted by molar-refractivity contribution is 0.133. The predicted octanol–water partition coefficient (Wildman–Crippen LogP) is 0.828. The van der Waals surface area contributed by atoms with E-state index in [2.05, 4.69) is 10.3 Å². The summed E-state index contributed by atoms with van der Waals surface area (Å²) < 4.78 is 33.8. The molecule has 15 heavy (non-hydrogen) atoms. The molecule has 3 atom stereocenters. The second-order valence-corrected chi connectivity index (χ2v) is 3.26. The fourth-order valence-corrected chi connectivity index (χ4v) is 1.55. The number of rotatable bonds is 1. The monoisotopic (exact) mass is 207 g/mol. The van der Waals surface area contributed by atoms with E-state index in [1.165, 1.54) is 0 Å². The van der Waals surface area contributed by atoms with Crippen LogP contribution in [0.2, 0.25) is 0 Å². The minimum absolute atomic E-state index is 0.287. The Labute approximate surface area is 92.1 Å². The third kappa shape index (κ3) is 1.52. The number of ether oxygens (including phenoxy) is 2. The van der Waals surface area contributed by atoms with Crippen molar-refractivity contribution in [3.63, 3.8) is 0 Å². The molecule has 1 aromatic carbocycles. The quantitative estimate of drug-likeness (QED) is 0.741. The molecule has 0 radical (unpaired) electrons. The van der Waals surface area contributed by atoms with Crippen LogP contribution in [0.15, 0.2) is 29.2 Å². The largest absolute Gasteiger partial charge is 0.485 e. The number of amidine groups is 1. The Hall–Kier alpha value is -1.71. The van der Waals surface area contributed by atoms with Gasteiger partial charge in [-0.15, -0.1) is 0 Å². The molecule has 0 saturated heterocycles. The van der Waals surface area contributed by atoms with Crippen molar-refractivity contribution < 1.29 is 13.6 Å². The van der Waals surface area contributed by atoms with E-state index in [1.54, 1.807) is 18.2 Å². The van der Waals surface area contributed by atoms with Crippen LogP contribution >= 0.6 is 0 Å². The number of fused-ring (bicyclic) bond motifs is 1. The molecule has 0 saturated carbocycles. The SMILES string of the molecule is [2H]c1ccc2c(c1)OC(C1=NC([2H])C([2H])N1)CO2. The van der Waals surface area contributed by atoms with Gasteiger partial charge in [-0.05, 0) is 12.1 Å². The highest BCUT2D eigenvalue weighted by Gasteiger charge is 2.26. The number of nitrogens with zero attached hydrogens (tertiary/aromatic N) is 1. The third-order valence-electron chi connectivity index (χ3n) is 2.27. The summed E-state index contributed by atoms with van der Waals surface area (Å²) in [6, 6.07) is 5.25. The van der Waals surface area contributed by atoms with E-state index in [1.807, 2.05) is 0 Å². The zero-order valence-electron chi connectivity index (χ0n) is 10.9. The maximum absolute atomic E-state index is 7.53. The van der Waals surface area contributed by atoms with E-state index in [4.69, 9.17) is 13.6 Å². The van der Waals surface area contributed by atoms with Crippen molar-refractivity contribution in [2.75, 3.05) is 19.6 Å². The molecule has 1 N–H and O–H groups in total. The summed E-state index contributed by atoms with van der Waals surface area (Å²) in [7, 11) is 0. The minimum atomic E-state index is -0.826. The van der Waals surface area contributed by atoms with E-state index in [0.29, 0.717) is 23.4 Å². The summed E-state index contributed by atoms with van der Waals surface area (Å²) in [5.74, 6) is 1.57. The number of aliphatic imine (C=N–C) groups is 1. The third-order valence-corrected chi connectivity index (χ3v) is 2.27. The topological polar surface area (TPSA) is 42.8 Å². The maximum atomic E-state index is 7.53. The van der Waals surface area contributed by atoms with E-state index < -0.39 is 19.1 Å². The van der Waals surface area contributed by atoms with E-state index in [-0.39, 0.29) is 6.61 Å². The number of para-hydroxylation sites is 2. The highest BCUT2D eigenvalue weighted by Crippen LogP contribution is 2.31. The fourth-order valence-electron chi connectivity index (χ4n) is 1.55. The summed E-state index contributed by atoms with van der Waals surface area (Å²) in [6.45, 7) is -1.30. The lowest BCUT2D eigenvalue weighted by Gasteiger charge is -2.26. The molecule has 0 aliphatic carbocycles. The molecule has 4 nitrogen and oxygen atoms in total. The van der Waals surface area contributed by atoms with Gasteiger partial charge in [0.2, 0.25) is 0 Å². The van der Waals surface area contributed by atoms with E-state index in [0.717, 1.165) is 0 Å². The van der Waals surface area contributed by atoms with Crippen LogP contribution in [0.1, 0.15) is 4.11 Å². The van der Waals surface area contributed by atoms with Crippen LogP contribution in [0.5, 0.6) is 11.5 Å². The standard InChI is InChI=1S/C11H12N2O2/c1-2-4-9-8(3-1)14-7-10(15-9)11-12-5-6-13-11/h1-4,10H,5-7H2,(H,12,13)/i2D,5D,6D. The summed E-state index contributed by atoms with van der Waals surface area (Å²) >= 11 is 0. The molecule has 78 valence electrons. The van der Waals surface area contributed by atoms with Gasteiger partial charge < -0.3 is 14.8 Å². The molecule has 0 spiro atoms. The summed E-state index contributed by atoms with van der Waals surface area (Å²) in [4.78, 5) is 4.02. The molecular weight excluding hydrogens is 192 g/mol. The molecule has 0 amide bonds. The molecule has 2 aliphatic heterocycles. The van der Waals surface area contributed by atoms with Crippen LogP contribution in [0.3, 0.4) is 0 Å². The Bertz CT molecular complexity index is 509. The molecule has 1 aromatic rings. The minimum Gasteiger partial charge on any atom is -0.485 e. The van der Waals surface area contributed by atoms with Gasteiger partial charge in [-0.1, -0.05) is 12.1 Å². The molecular formula is C11H12N2O2. The number of nitrogens with one attached hydrogen (secondary N) is 1. The number of hydrogen-bond acceptors (Lipinski definition) is 4. The molecule has 2 heterocycles. The highest BCUT2D eigenvalue weighted by molar-refractivity contribution is 5.88. The van der Waals surface area contributed by atoms with Crippen LogP contribution in [-0.2, 0) is 0 Å². The molecule has 3 rings (SSSR count). The number of hydrogen-bond donors (Lipinski definition) is 1. The normalized spacial score (nSPS) is 35.9. The Balaban J connectivity index is 1.81. The van der Waals surface area contributed by atoms with Crippen molar-refractivity contribution in [1.82, 2.24) is 5.32 Å². The van der Waals surface area contributed by atoms with Crippen LogP contribution in [0.4, 0.5) is 0 Å². The van der Waals surface area contributed by atoms with Crippen molar-refractivity contribution in [1.29, 1.82) is 0 Å². The first-order valence-electron chi connectivity index (χ1n) is 6.38. The van der Waals surface area contributed by atoms with Crippen LogP contribution in [-0.4, -0.2) is 31.6 Å². The van der Waals surface area contributed by atoms with Crippen molar-refractivity contribution in [2.24, 2.45) is 4.99 Å². The van der Waals surface area contributed by atoms with Crippen molar-refractivity contribution in [2.45, 2.75) is 6.10 Å². The molecule has 3 unspecified atom stereocenters. The molecule has 2 aliphatic rings. The van der Waals surface area contributed by atoms with Crippen molar-refractivity contribution in [3.05, 3.63) is 24.2 Å². The second kappa shape index (κ2) is 3.46. The van der Waals surface area contributed by atoms with Crippen LogP contribution < -0.4 is 14.8 Å². The number of benzene rings is 1. The zero-order valence-corrected chi connectivity index (χ0v) is 7.93. The highest BCUT2D eigenvalue weighted by atomic mass is 16.6. The average molecular weight is 207 g/mol. The van der Waals surface area contributed by atoms with Crippen LogP contribution in [0, 0.1) is 0 Å². The second-order valence-electron chi connectivity index (χ2n) is 3.26. The predicted molar refractivity (Wildman–Crippen MR) is 56.7 cm³/mol. The van der Waals surface area contributed by atoms with Gasteiger partial charge in [0.15, 0.2) is 17.6 Å². The molecule has 0 fully saturated rings. The Morgan fingerprint density at radius 2 is 2.53 bits per heavy atom. The zero-order chi connectivity index (χ0) is 12.7. The van der Waals surface area contributed by atoms with Gasteiger partial charge in [-0.25, -0.2) is 0 Å². The van der Waals surface area contributed by atoms with Crippen LogP contribution in [0.25, 0.3) is 0 Å². The first-order chi connectivity index (χ1) is 8.63. The summed E-state index contributed by atoms with van der Waals surface area (Å²) in [6.07, 6.45) is -0.442. The Morgan fingerprint density at radius 1 is 1.53 bits per heavy atom. The summed E-state index contributed by atoms with van der Waals surface area (Å²) in [5.41, 5.74) is 0. The first kappa shape index (κ1) is 6.00. The van der Waals surface area contributed by atoms with Crippen molar-refractivity contribution >= 4 is 5.84 Å². The van der Waals surface area contributed by atoms with Crippen molar-refractivity contribution in [3.8, 4) is 11.5 Å². The van der Waals surface area contributed by atoms with Gasteiger partial charge in [-0.2, -0.15) is 0 Å². The van der Waals surface area contributed by atoms with Gasteiger partial charge in [0.1, 0.15) is 12.4 Å². The summed E-state index contributed by atoms with van der Waals surface area (Å²) in [5, 5.41) is 2.80. The molecule has 0 bridgehead atoms. The van der Waals surface area contributed by atoms with Gasteiger partial charge in [0, 0.05) is 6.52 Å². The van der Waals surface area contributed by atoms with E-state index in [9.17, 15) is 0 Å². The average Bonchev–Trinajstić information content (AvgIpc) is 2.69. The smallest absolute Gasteiger partial charge is 0.189 e. The Kier molecular flexibility index (Phi) is 1.38. The lowest BCUT2D eigenvalue weighted by atomic mass is 10.2. The van der Waals surface area contributed by atoms with Gasteiger partial charge >= 0.3 is 0 Å². The van der Waals surface area contributed by atoms with Gasteiger partial charge in [0.25, 0.3) is 0 Å². The Morgan fingerprint density at radius 3 is 3.40 bits per heavy atom. The first-order valence-corrected chi connectivity index (χ1v) is 4.72. The maximum Gasteiger partial charge on any atom is 0.189 e. The lowest BCUT2D eigenvalue weighted by Crippen LogP contribution is -2.42. The van der Waals surface area contributed by atoms with Gasteiger partial charge in [-0.3, -0.25) is 4.99 Å². The van der Waals surface area contributed by atoms with E-state index >= 15 is 0 Å².